The Morgan fingerprint density at radius 1 is 1.00 bits per heavy atom. The van der Waals surface area contributed by atoms with Crippen molar-refractivity contribution >= 4 is 21.9 Å². The molecule has 0 saturated carbocycles. The summed E-state index contributed by atoms with van der Waals surface area (Å²) >= 11 is 0. The number of hydrogen-bond acceptors (Lipinski definition) is 4. The van der Waals surface area contributed by atoms with Gasteiger partial charge in [-0.2, -0.15) is 0 Å². The zero-order valence-electron chi connectivity index (χ0n) is 17.3. The molecule has 5 heteroatoms. The van der Waals surface area contributed by atoms with Crippen molar-refractivity contribution in [2.75, 3.05) is 6.61 Å². The molecule has 0 N–H and O–H groups in total. The lowest BCUT2D eigenvalue weighted by Crippen LogP contribution is -2.10. The lowest BCUT2D eigenvalue weighted by Gasteiger charge is -2.13. The fraction of sp³-hybridized carbons (Fsp3) is 0.333. The van der Waals surface area contributed by atoms with Crippen molar-refractivity contribution in [3.63, 3.8) is 0 Å². The maximum atomic E-state index is 5.98. The molecule has 0 unspecified atom stereocenters. The van der Waals surface area contributed by atoms with Crippen molar-refractivity contribution in [2.24, 2.45) is 5.92 Å². The summed E-state index contributed by atoms with van der Waals surface area (Å²) in [6.07, 6.45) is 1.85. The van der Waals surface area contributed by atoms with Crippen LogP contribution in [0.1, 0.15) is 32.2 Å². The Labute approximate surface area is 171 Å². The van der Waals surface area contributed by atoms with Crippen LogP contribution in [0.15, 0.2) is 54.7 Å². The molecule has 0 aliphatic heterocycles. The highest BCUT2D eigenvalue weighted by atomic mass is 16.5. The van der Waals surface area contributed by atoms with E-state index in [1.54, 1.807) is 0 Å². The summed E-state index contributed by atoms with van der Waals surface area (Å²) in [5.74, 6) is 2.27. The predicted molar refractivity (Wildman–Crippen MR) is 116 cm³/mol. The second-order valence-electron chi connectivity index (χ2n) is 7.61. The van der Waals surface area contributed by atoms with Gasteiger partial charge in [0, 0.05) is 24.6 Å². The number of pyridine rings is 1. The number of fused-ring (bicyclic) bond motifs is 3. The van der Waals surface area contributed by atoms with E-state index in [2.05, 4.69) is 41.6 Å². The standard InChI is InChI=1S/C24H27N3O2/c1-4-28-16-23-26-22-13-25-21-12-19(29-15-18-8-6-5-7-9-18)10-11-20(21)24(22)27(23)14-17(2)3/h5-13,17H,4,14-16H2,1-3H3. The van der Waals surface area contributed by atoms with Gasteiger partial charge in [-0.05, 0) is 30.5 Å². The van der Waals surface area contributed by atoms with E-state index in [-0.39, 0.29) is 0 Å². The predicted octanol–water partition coefficient (Wildman–Crippen LogP) is 5.36. The first-order valence-corrected chi connectivity index (χ1v) is 10.2. The average molecular weight is 389 g/mol. The van der Waals surface area contributed by atoms with E-state index in [9.17, 15) is 0 Å². The normalized spacial score (nSPS) is 11.6. The van der Waals surface area contributed by atoms with E-state index >= 15 is 0 Å². The Bertz CT molecular complexity index is 1100. The molecular weight excluding hydrogens is 362 g/mol. The van der Waals surface area contributed by atoms with Crippen LogP contribution in [0.25, 0.3) is 21.9 Å². The van der Waals surface area contributed by atoms with Crippen LogP contribution >= 0.6 is 0 Å². The number of imidazole rings is 1. The fourth-order valence-electron chi connectivity index (χ4n) is 3.54. The molecule has 2 heterocycles. The van der Waals surface area contributed by atoms with E-state index in [0.29, 0.717) is 25.7 Å². The average Bonchev–Trinajstić information content (AvgIpc) is 3.08. The molecule has 0 saturated heterocycles. The smallest absolute Gasteiger partial charge is 0.136 e. The van der Waals surface area contributed by atoms with Gasteiger partial charge in [0.05, 0.1) is 17.2 Å². The molecule has 0 spiro atoms. The van der Waals surface area contributed by atoms with E-state index in [0.717, 1.165) is 45.6 Å². The van der Waals surface area contributed by atoms with Crippen LogP contribution in [-0.2, 0) is 24.5 Å². The monoisotopic (exact) mass is 389 g/mol. The maximum Gasteiger partial charge on any atom is 0.136 e. The highest BCUT2D eigenvalue weighted by Crippen LogP contribution is 2.29. The van der Waals surface area contributed by atoms with Crippen LogP contribution in [0.4, 0.5) is 0 Å². The van der Waals surface area contributed by atoms with Gasteiger partial charge in [0.15, 0.2) is 0 Å². The third kappa shape index (κ3) is 4.25. The molecule has 2 aromatic heterocycles. The number of benzene rings is 2. The van der Waals surface area contributed by atoms with E-state index in [1.165, 1.54) is 0 Å². The van der Waals surface area contributed by atoms with Gasteiger partial charge in [0.1, 0.15) is 30.3 Å². The number of rotatable bonds is 8. The van der Waals surface area contributed by atoms with Crippen LogP contribution in [0.5, 0.6) is 5.75 Å². The summed E-state index contributed by atoms with van der Waals surface area (Å²) in [7, 11) is 0. The third-order valence-corrected chi connectivity index (χ3v) is 4.86. The zero-order valence-corrected chi connectivity index (χ0v) is 17.3. The first-order chi connectivity index (χ1) is 14.2. The molecule has 2 aromatic carbocycles. The van der Waals surface area contributed by atoms with Crippen LogP contribution in [0.3, 0.4) is 0 Å². The van der Waals surface area contributed by atoms with Crippen LogP contribution in [-0.4, -0.2) is 21.1 Å². The second-order valence-corrected chi connectivity index (χ2v) is 7.61. The Kier molecular flexibility index (Phi) is 5.76. The summed E-state index contributed by atoms with van der Waals surface area (Å²) in [6.45, 7) is 9.06. The minimum absolute atomic E-state index is 0.504. The summed E-state index contributed by atoms with van der Waals surface area (Å²) in [4.78, 5) is 9.44. The minimum Gasteiger partial charge on any atom is -0.489 e. The molecule has 0 aliphatic rings. The van der Waals surface area contributed by atoms with Gasteiger partial charge in [0.25, 0.3) is 0 Å². The molecule has 4 aromatic rings. The zero-order chi connectivity index (χ0) is 20.2. The molecular formula is C24H27N3O2. The Morgan fingerprint density at radius 2 is 1.83 bits per heavy atom. The molecule has 0 aliphatic carbocycles. The molecule has 0 amide bonds. The van der Waals surface area contributed by atoms with E-state index < -0.39 is 0 Å². The van der Waals surface area contributed by atoms with Crippen molar-refractivity contribution in [3.8, 4) is 5.75 Å². The molecule has 29 heavy (non-hydrogen) atoms. The van der Waals surface area contributed by atoms with E-state index in [4.69, 9.17) is 14.5 Å². The van der Waals surface area contributed by atoms with Crippen molar-refractivity contribution in [2.45, 2.75) is 40.5 Å². The number of hydrogen-bond donors (Lipinski definition) is 0. The van der Waals surface area contributed by atoms with Gasteiger partial charge < -0.3 is 14.0 Å². The molecule has 0 fully saturated rings. The highest BCUT2D eigenvalue weighted by molar-refractivity contribution is 6.02. The van der Waals surface area contributed by atoms with Crippen LogP contribution < -0.4 is 4.74 Å². The third-order valence-electron chi connectivity index (χ3n) is 4.86. The van der Waals surface area contributed by atoms with Gasteiger partial charge in [-0.25, -0.2) is 4.98 Å². The van der Waals surface area contributed by atoms with Crippen LogP contribution in [0.2, 0.25) is 0 Å². The molecule has 0 atom stereocenters. The lowest BCUT2D eigenvalue weighted by atomic mass is 10.1. The number of aromatic nitrogens is 3. The first-order valence-electron chi connectivity index (χ1n) is 10.2. The Hall–Kier alpha value is -2.92. The summed E-state index contributed by atoms with van der Waals surface area (Å²) in [5, 5.41) is 1.09. The number of nitrogens with zero attached hydrogens (tertiary/aromatic N) is 3. The molecule has 150 valence electrons. The van der Waals surface area contributed by atoms with Gasteiger partial charge >= 0.3 is 0 Å². The van der Waals surface area contributed by atoms with Gasteiger partial charge in [-0.1, -0.05) is 44.2 Å². The van der Waals surface area contributed by atoms with Gasteiger partial charge in [-0.15, -0.1) is 0 Å². The maximum absolute atomic E-state index is 5.98. The minimum atomic E-state index is 0.504. The van der Waals surface area contributed by atoms with Crippen LogP contribution in [0, 0.1) is 5.92 Å². The quantitative estimate of drug-likeness (QED) is 0.407. The summed E-state index contributed by atoms with van der Waals surface area (Å²) < 4.78 is 13.9. The Morgan fingerprint density at radius 3 is 2.59 bits per heavy atom. The van der Waals surface area contributed by atoms with Gasteiger partial charge in [-0.3, -0.25) is 4.98 Å². The number of ether oxygens (including phenoxy) is 2. The summed E-state index contributed by atoms with van der Waals surface area (Å²) in [6, 6.07) is 16.3. The Balaban J connectivity index is 1.71. The molecule has 0 bridgehead atoms. The van der Waals surface area contributed by atoms with Crippen molar-refractivity contribution < 1.29 is 9.47 Å². The van der Waals surface area contributed by atoms with Crippen molar-refractivity contribution in [3.05, 3.63) is 66.1 Å². The van der Waals surface area contributed by atoms with E-state index in [1.807, 2.05) is 43.5 Å². The SMILES string of the molecule is CCOCc1nc2cnc3cc(OCc4ccccc4)ccc3c2n1CC(C)C. The van der Waals surface area contributed by atoms with Crippen molar-refractivity contribution in [1.82, 2.24) is 14.5 Å². The fourth-order valence-corrected chi connectivity index (χ4v) is 3.54. The largest absolute Gasteiger partial charge is 0.489 e. The lowest BCUT2D eigenvalue weighted by molar-refractivity contribution is 0.125. The summed E-state index contributed by atoms with van der Waals surface area (Å²) in [5.41, 5.74) is 4.08. The highest BCUT2D eigenvalue weighted by Gasteiger charge is 2.16. The first kappa shape index (κ1) is 19.4. The van der Waals surface area contributed by atoms with Crippen molar-refractivity contribution in [1.29, 1.82) is 0 Å². The van der Waals surface area contributed by atoms with Gasteiger partial charge in [0.2, 0.25) is 0 Å². The molecule has 0 radical (unpaired) electrons. The topological polar surface area (TPSA) is 49.2 Å². The second kappa shape index (κ2) is 8.62. The molecule has 5 nitrogen and oxygen atoms in total. The molecule has 4 rings (SSSR count).